The minimum atomic E-state index is -0.272. The van der Waals surface area contributed by atoms with Crippen molar-refractivity contribution in [3.05, 3.63) is 11.9 Å². The number of hydrogen-bond donors (Lipinski definition) is 1. The molecule has 1 rings (SSSR count). The Morgan fingerprint density at radius 1 is 1.05 bits per heavy atom. The molecule has 0 radical (unpaired) electrons. The molecule has 114 valence electrons. The summed E-state index contributed by atoms with van der Waals surface area (Å²) in [6.07, 6.45) is 1.14. The maximum absolute atomic E-state index is 5.45. The van der Waals surface area contributed by atoms with Gasteiger partial charge in [0, 0.05) is 26.3 Å². The Morgan fingerprint density at radius 2 is 1.60 bits per heavy atom. The molecule has 7 nitrogen and oxygen atoms in total. The highest BCUT2D eigenvalue weighted by atomic mass is 16.7. The van der Waals surface area contributed by atoms with E-state index in [0.29, 0.717) is 38.1 Å². The van der Waals surface area contributed by atoms with Crippen LogP contribution in [0.1, 0.15) is 19.4 Å². The van der Waals surface area contributed by atoms with Crippen LogP contribution in [0.25, 0.3) is 0 Å². The van der Waals surface area contributed by atoms with Gasteiger partial charge in [-0.2, -0.15) is 0 Å². The van der Waals surface area contributed by atoms with Crippen molar-refractivity contribution in [3.63, 3.8) is 0 Å². The van der Waals surface area contributed by atoms with E-state index < -0.39 is 0 Å². The standard InChI is InChI=1S/C13H23N3O4/c1-5-19-11(20-6-2)8-14-7-10-12(17-3)15-9-16-13(10)18-4/h9,11,14H,5-8H2,1-4H3. The Labute approximate surface area is 119 Å². The number of hydrogen-bond acceptors (Lipinski definition) is 7. The molecule has 1 heterocycles. The van der Waals surface area contributed by atoms with Crippen LogP contribution in [0.2, 0.25) is 0 Å². The first-order valence-electron chi connectivity index (χ1n) is 6.62. The molecule has 1 aromatic rings. The average Bonchev–Trinajstić information content (AvgIpc) is 2.47. The highest BCUT2D eigenvalue weighted by Crippen LogP contribution is 2.22. The fraction of sp³-hybridized carbons (Fsp3) is 0.692. The first-order chi connectivity index (χ1) is 9.76. The second kappa shape index (κ2) is 9.46. The van der Waals surface area contributed by atoms with Crippen molar-refractivity contribution in [2.45, 2.75) is 26.7 Å². The van der Waals surface area contributed by atoms with Crippen LogP contribution in [0.15, 0.2) is 6.33 Å². The number of nitrogens with zero attached hydrogens (tertiary/aromatic N) is 2. The average molecular weight is 285 g/mol. The van der Waals surface area contributed by atoms with E-state index in [4.69, 9.17) is 18.9 Å². The zero-order valence-electron chi connectivity index (χ0n) is 12.5. The zero-order chi connectivity index (χ0) is 14.8. The second-order valence-electron chi connectivity index (χ2n) is 3.84. The summed E-state index contributed by atoms with van der Waals surface area (Å²) in [6, 6.07) is 0. The van der Waals surface area contributed by atoms with Gasteiger partial charge < -0.3 is 24.3 Å². The predicted molar refractivity (Wildman–Crippen MR) is 73.9 cm³/mol. The van der Waals surface area contributed by atoms with Gasteiger partial charge in [-0.05, 0) is 13.8 Å². The summed E-state index contributed by atoms with van der Waals surface area (Å²) in [5, 5.41) is 3.23. The Bertz CT molecular complexity index is 362. The van der Waals surface area contributed by atoms with Crippen LogP contribution in [0.4, 0.5) is 0 Å². The molecule has 0 aromatic carbocycles. The third-order valence-corrected chi connectivity index (χ3v) is 2.57. The number of rotatable bonds is 10. The van der Waals surface area contributed by atoms with E-state index in [0.717, 1.165) is 5.56 Å². The molecular weight excluding hydrogens is 262 g/mol. The quantitative estimate of drug-likeness (QED) is 0.642. The Kier molecular flexibility index (Phi) is 7.86. The van der Waals surface area contributed by atoms with Crippen molar-refractivity contribution in [1.82, 2.24) is 15.3 Å². The first kappa shape index (κ1) is 16.6. The number of ether oxygens (including phenoxy) is 4. The summed E-state index contributed by atoms with van der Waals surface area (Å²) >= 11 is 0. The molecule has 0 unspecified atom stereocenters. The fourth-order valence-electron chi connectivity index (χ4n) is 1.74. The molecule has 0 saturated heterocycles. The van der Waals surface area contributed by atoms with Gasteiger partial charge in [-0.1, -0.05) is 0 Å². The molecule has 7 heteroatoms. The van der Waals surface area contributed by atoms with E-state index in [1.165, 1.54) is 6.33 Å². The van der Waals surface area contributed by atoms with Crippen molar-refractivity contribution in [1.29, 1.82) is 0 Å². The van der Waals surface area contributed by atoms with Gasteiger partial charge in [-0.3, -0.25) is 0 Å². The molecule has 0 fully saturated rings. The van der Waals surface area contributed by atoms with Crippen molar-refractivity contribution >= 4 is 0 Å². The van der Waals surface area contributed by atoms with Gasteiger partial charge in [0.15, 0.2) is 6.29 Å². The molecule has 0 aliphatic carbocycles. The van der Waals surface area contributed by atoms with E-state index in [1.54, 1.807) is 14.2 Å². The molecule has 0 aliphatic rings. The smallest absolute Gasteiger partial charge is 0.224 e. The molecule has 1 aromatic heterocycles. The van der Waals surface area contributed by atoms with Gasteiger partial charge >= 0.3 is 0 Å². The summed E-state index contributed by atoms with van der Waals surface area (Å²) in [4.78, 5) is 8.12. The normalized spacial score (nSPS) is 10.8. The lowest BCUT2D eigenvalue weighted by molar-refractivity contribution is -0.133. The monoisotopic (exact) mass is 285 g/mol. The Hall–Kier alpha value is -1.44. The lowest BCUT2D eigenvalue weighted by Gasteiger charge is -2.18. The summed E-state index contributed by atoms with van der Waals surface area (Å²) in [6.45, 7) is 6.14. The summed E-state index contributed by atoms with van der Waals surface area (Å²) in [5.41, 5.74) is 0.768. The van der Waals surface area contributed by atoms with Crippen molar-refractivity contribution in [2.24, 2.45) is 0 Å². The van der Waals surface area contributed by atoms with Crippen LogP contribution in [-0.4, -0.2) is 50.2 Å². The SMILES string of the molecule is CCOC(CNCc1c(OC)ncnc1OC)OCC. The van der Waals surface area contributed by atoms with Crippen LogP contribution in [0, 0.1) is 0 Å². The number of aromatic nitrogens is 2. The summed E-state index contributed by atoms with van der Waals surface area (Å²) in [7, 11) is 3.13. The highest BCUT2D eigenvalue weighted by Gasteiger charge is 2.14. The van der Waals surface area contributed by atoms with Crippen LogP contribution in [0.5, 0.6) is 11.8 Å². The van der Waals surface area contributed by atoms with Crippen molar-refractivity contribution in [2.75, 3.05) is 34.0 Å². The fourth-order valence-corrected chi connectivity index (χ4v) is 1.74. The van der Waals surface area contributed by atoms with E-state index >= 15 is 0 Å². The summed E-state index contributed by atoms with van der Waals surface area (Å²) in [5.74, 6) is 0.988. The molecule has 0 aliphatic heterocycles. The maximum Gasteiger partial charge on any atom is 0.224 e. The van der Waals surface area contributed by atoms with Crippen molar-refractivity contribution in [3.8, 4) is 11.8 Å². The Morgan fingerprint density at radius 3 is 2.05 bits per heavy atom. The largest absolute Gasteiger partial charge is 0.481 e. The predicted octanol–water partition coefficient (Wildman–Crippen LogP) is 0.982. The molecular formula is C13H23N3O4. The van der Waals surface area contributed by atoms with Crippen LogP contribution < -0.4 is 14.8 Å². The molecule has 0 bridgehead atoms. The Balaban J connectivity index is 2.60. The minimum Gasteiger partial charge on any atom is -0.481 e. The lowest BCUT2D eigenvalue weighted by atomic mass is 10.3. The van der Waals surface area contributed by atoms with Crippen molar-refractivity contribution < 1.29 is 18.9 Å². The van der Waals surface area contributed by atoms with Crippen LogP contribution in [0.3, 0.4) is 0 Å². The topological polar surface area (TPSA) is 74.7 Å². The molecule has 0 atom stereocenters. The molecule has 1 N–H and O–H groups in total. The van der Waals surface area contributed by atoms with Gasteiger partial charge in [0.25, 0.3) is 0 Å². The molecule has 0 saturated carbocycles. The van der Waals surface area contributed by atoms with Gasteiger partial charge in [0.05, 0.1) is 19.8 Å². The van der Waals surface area contributed by atoms with E-state index in [9.17, 15) is 0 Å². The summed E-state index contributed by atoms with van der Waals surface area (Å²) < 4.78 is 21.3. The first-order valence-corrected chi connectivity index (χ1v) is 6.62. The van der Waals surface area contributed by atoms with Crippen LogP contribution in [-0.2, 0) is 16.0 Å². The molecule has 20 heavy (non-hydrogen) atoms. The molecule has 0 spiro atoms. The minimum absolute atomic E-state index is 0.272. The number of nitrogens with one attached hydrogen (secondary N) is 1. The third-order valence-electron chi connectivity index (χ3n) is 2.57. The van der Waals surface area contributed by atoms with E-state index in [2.05, 4.69) is 15.3 Å². The lowest BCUT2D eigenvalue weighted by Crippen LogP contribution is -2.31. The second-order valence-corrected chi connectivity index (χ2v) is 3.84. The highest BCUT2D eigenvalue weighted by molar-refractivity contribution is 5.34. The third kappa shape index (κ3) is 4.92. The zero-order valence-corrected chi connectivity index (χ0v) is 12.5. The van der Waals surface area contributed by atoms with E-state index in [-0.39, 0.29) is 6.29 Å². The van der Waals surface area contributed by atoms with Gasteiger partial charge in [-0.25, -0.2) is 9.97 Å². The maximum atomic E-state index is 5.45. The van der Waals surface area contributed by atoms with E-state index in [1.807, 2.05) is 13.8 Å². The van der Waals surface area contributed by atoms with Gasteiger partial charge in [-0.15, -0.1) is 0 Å². The van der Waals surface area contributed by atoms with Gasteiger partial charge in [0.1, 0.15) is 6.33 Å². The van der Waals surface area contributed by atoms with Gasteiger partial charge in [0.2, 0.25) is 11.8 Å². The molecule has 0 amide bonds. The van der Waals surface area contributed by atoms with Crippen LogP contribution >= 0.6 is 0 Å². The number of methoxy groups -OCH3 is 2.